The van der Waals surface area contributed by atoms with E-state index in [2.05, 4.69) is 12.3 Å². The van der Waals surface area contributed by atoms with Gasteiger partial charge in [0.15, 0.2) is 0 Å². The summed E-state index contributed by atoms with van der Waals surface area (Å²) in [4.78, 5) is 10.5. The van der Waals surface area contributed by atoms with E-state index in [-0.39, 0.29) is 5.92 Å². The molecule has 0 saturated carbocycles. The molecule has 9 heavy (non-hydrogen) atoms. The Morgan fingerprint density at radius 1 is 1.67 bits per heavy atom. The zero-order valence-electron chi connectivity index (χ0n) is 5.77. The van der Waals surface area contributed by atoms with Crippen molar-refractivity contribution in [1.29, 1.82) is 0 Å². The Kier molecular flexibility index (Phi) is 2.75. The van der Waals surface area contributed by atoms with Crippen LogP contribution in [0.2, 0.25) is 0 Å². The van der Waals surface area contributed by atoms with Crippen molar-refractivity contribution in [1.82, 2.24) is 0 Å². The maximum Gasteiger partial charge on any atom is 0.252 e. The van der Waals surface area contributed by atoms with Gasteiger partial charge >= 0.3 is 0 Å². The molecule has 2 heteroatoms. The fraction of sp³-hybridized carbons (Fsp3) is 0.429. The third-order valence-electron chi connectivity index (χ3n) is 1.03. The van der Waals surface area contributed by atoms with Gasteiger partial charge in [0.05, 0.1) is 5.57 Å². The van der Waals surface area contributed by atoms with Gasteiger partial charge in [-0.25, -0.2) is 0 Å². The predicted molar refractivity (Wildman–Crippen MR) is 36.7 cm³/mol. The third-order valence-corrected chi connectivity index (χ3v) is 1.03. The van der Waals surface area contributed by atoms with Gasteiger partial charge in [0.25, 0.3) is 5.91 Å². The van der Waals surface area contributed by atoms with Crippen molar-refractivity contribution in [2.24, 2.45) is 11.7 Å². The molecule has 0 aromatic carbocycles. The number of rotatable bonds is 2. The molecule has 0 aliphatic rings. The molecular formula is C7H11NO. The van der Waals surface area contributed by atoms with Gasteiger partial charge in [-0.1, -0.05) is 20.4 Å². The van der Waals surface area contributed by atoms with Crippen molar-refractivity contribution in [3.63, 3.8) is 0 Å². The van der Waals surface area contributed by atoms with E-state index in [0.717, 1.165) is 0 Å². The molecule has 0 radical (unpaired) electrons. The second kappa shape index (κ2) is 3.10. The standard InChI is InChI=1S/C7H11NO/c1-4-6(5(2)3)7(8)9/h5H,1H2,2-3H3,(H2,8,9). The average Bonchev–Trinajstić information content (AvgIpc) is 1.64. The van der Waals surface area contributed by atoms with E-state index >= 15 is 0 Å². The molecule has 0 aliphatic heterocycles. The van der Waals surface area contributed by atoms with E-state index < -0.39 is 5.91 Å². The molecule has 0 spiro atoms. The van der Waals surface area contributed by atoms with E-state index in [1.165, 1.54) is 0 Å². The number of amides is 1. The normalized spacial score (nSPS) is 8.78. The monoisotopic (exact) mass is 125 g/mol. The second-order valence-corrected chi connectivity index (χ2v) is 2.11. The van der Waals surface area contributed by atoms with Crippen LogP contribution in [-0.4, -0.2) is 5.91 Å². The lowest BCUT2D eigenvalue weighted by atomic mass is 10.0. The van der Waals surface area contributed by atoms with Crippen LogP contribution in [0.3, 0.4) is 0 Å². The molecule has 0 unspecified atom stereocenters. The zero-order chi connectivity index (χ0) is 7.44. The number of carbonyl (C=O) groups is 1. The summed E-state index contributed by atoms with van der Waals surface area (Å²) in [6.07, 6.45) is 0. The summed E-state index contributed by atoms with van der Waals surface area (Å²) >= 11 is 0. The van der Waals surface area contributed by atoms with E-state index in [0.29, 0.717) is 5.57 Å². The Balaban J connectivity index is 4.38. The predicted octanol–water partition coefficient (Wildman–Crippen LogP) is 0.839. The Morgan fingerprint density at radius 3 is 2.11 bits per heavy atom. The van der Waals surface area contributed by atoms with Gasteiger partial charge in [0.1, 0.15) is 0 Å². The van der Waals surface area contributed by atoms with Crippen LogP contribution in [0.25, 0.3) is 0 Å². The molecule has 2 nitrogen and oxygen atoms in total. The van der Waals surface area contributed by atoms with Gasteiger partial charge in [-0.2, -0.15) is 0 Å². The SMILES string of the molecule is C=C=C(C(N)=O)C(C)C. The number of primary amides is 1. The first-order chi connectivity index (χ1) is 4.09. The van der Waals surface area contributed by atoms with Gasteiger partial charge in [-0.3, -0.25) is 4.79 Å². The molecule has 50 valence electrons. The van der Waals surface area contributed by atoms with Gasteiger partial charge in [0.2, 0.25) is 0 Å². The molecule has 0 heterocycles. The molecule has 0 bridgehead atoms. The van der Waals surface area contributed by atoms with Gasteiger partial charge in [0, 0.05) is 0 Å². The third kappa shape index (κ3) is 2.15. The van der Waals surface area contributed by atoms with Crippen LogP contribution >= 0.6 is 0 Å². The van der Waals surface area contributed by atoms with E-state index in [1.807, 2.05) is 13.8 Å². The van der Waals surface area contributed by atoms with Gasteiger partial charge in [-0.15, -0.1) is 5.73 Å². The number of hydrogen-bond acceptors (Lipinski definition) is 1. The minimum atomic E-state index is -0.431. The first-order valence-electron chi connectivity index (χ1n) is 2.79. The molecule has 0 rings (SSSR count). The summed E-state index contributed by atoms with van der Waals surface area (Å²) in [7, 11) is 0. The van der Waals surface area contributed by atoms with Crippen molar-refractivity contribution in [2.75, 3.05) is 0 Å². The van der Waals surface area contributed by atoms with Crippen molar-refractivity contribution in [3.8, 4) is 0 Å². The minimum Gasteiger partial charge on any atom is -0.365 e. The van der Waals surface area contributed by atoms with Crippen LogP contribution in [0.4, 0.5) is 0 Å². The van der Waals surface area contributed by atoms with Crippen LogP contribution in [0.1, 0.15) is 13.8 Å². The minimum absolute atomic E-state index is 0.125. The first kappa shape index (κ1) is 7.99. The van der Waals surface area contributed by atoms with Gasteiger partial charge in [-0.05, 0) is 5.92 Å². The molecule has 0 atom stereocenters. The molecule has 0 fully saturated rings. The summed E-state index contributed by atoms with van der Waals surface area (Å²) in [6.45, 7) is 7.09. The topological polar surface area (TPSA) is 43.1 Å². The van der Waals surface area contributed by atoms with Crippen LogP contribution in [0.15, 0.2) is 17.9 Å². The maximum atomic E-state index is 10.5. The van der Waals surface area contributed by atoms with Crippen LogP contribution in [-0.2, 0) is 4.79 Å². The number of hydrogen-bond donors (Lipinski definition) is 1. The number of carbonyl (C=O) groups excluding carboxylic acids is 1. The van der Waals surface area contributed by atoms with Crippen molar-refractivity contribution >= 4 is 5.91 Å². The summed E-state index contributed by atoms with van der Waals surface area (Å²) < 4.78 is 0. The second-order valence-electron chi connectivity index (χ2n) is 2.11. The largest absolute Gasteiger partial charge is 0.365 e. The lowest BCUT2D eigenvalue weighted by molar-refractivity contribution is -0.114. The molecule has 0 aliphatic carbocycles. The molecule has 0 saturated heterocycles. The first-order valence-corrected chi connectivity index (χ1v) is 2.79. The maximum absolute atomic E-state index is 10.5. The molecule has 1 amide bonds. The quantitative estimate of drug-likeness (QED) is 0.431. The Hall–Kier alpha value is -1.01. The molecule has 0 aromatic heterocycles. The van der Waals surface area contributed by atoms with E-state index in [9.17, 15) is 4.79 Å². The molecule has 0 aromatic rings. The summed E-state index contributed by atoms with van der Waals surface area (Å²) in [5, 5.41) is 0. The summed E-state index contributed by atoms with van der Waals surface area (Å²) in [6, 6.07) is 0. The van der Waals surface area contributed by atoms with Crippen molar-refractivity contribution in [2.45, 2.75) is 13.8 Å². The van der Waals surface area contributed by atoms with E-state index in [4.69, 9.17) is 5.73 Å². The van der Waals surface area contributed by atoms with Crippen molar-refractivity contribution < 1.29 is 4.79 Å². The Labute approximate surface area is 55.1 Å². The molecule has 2 N–H and O–H groups in total. The van der Waals surface area contributed by atoms with Crippen molar-refractivity contribution in [3.05, 3.63) is 17.9 Å². The van der Waals surface area contributed by atoms with E-state index in [1.54, 1.807) is 0 Å². The number of nitrogens with two attached hydrogens (primary N) is 1. The van der Waals surface area contributed by atoms with Crippen LogP contribution < -0.4 is 5.73 Å². The van der Waals surface area contributed by atoms with Gasteiger partial charge < -0.3 is 5.73 Å². The Bertz CT molecular complexity index is 164. The lowest BCUT2D eigenvalue weighted by Gasteiger charge is -2.01. The highest BCUT2D eigenvalue weighted by atomic mass is 16.1. The Morgan fingerprint density at radius 2 is 2.11 bits per heavy atom. The summed E-state index contributed by atoms with van der Waals surface area (Å²) in [5.41, 5.74) is 7.93. The highest BCUT2D eigenvalue weighted by molar-refractivity contribution is 5.91. The highest BCUT2D eigenvalue weighted by Crippen LogP contribution is 2.05. The summed E-state index contributed by atoms with van der Waals surface area (Å²) in [5.74, 6) is -0.306. The average molecular weight is 125 g/mol. The highest BCUT2D eigenvalue weighted by Gasteiger charge is 2.06. The zero-order valence-corrected chi connectivity index (χ0v) is 5.77. The fourth-order valence-corrected chi connectivity index (χ4v) is 0.576. The molecular weight excluding hydrogens is 114 g/mol. The lowest BCUT2D eigenvalue weighted by Crippen LogP contribution is -2.16. The smallest absolute Gasteiger partial charge is 0.252 e. The fourth-order valence-electron chi connectivity index (χ4n) is 0.576. The van der Waals surface area contributed by atoms with Crippen LogP contribution in [0.5, 0.6) is 0 Å². The van der Waals surface area contributed by atoms with Crippen LogP contribution in [0, 0.1) is 5.92 Å².